The first-order chi connectivity index (χ1) is 9.91. The standard InChI is InChI=1S/C15H12F3N3/c1-21(10-11-5-3-2-4-6-11)14-7-13(15(16,17)18)12(8-19)9-20-14/h2-7,9H,10H2,1H3. The van der Waals surface area contributed by atoms with Crippen molar-refractivity contribution in [2.45, 2.75) is 12.7 Å². The minimum Gasteiger partial charge on any atom is -0.355 e. The maximum atomic E-state index is 12.9. The topological polar surface area (TPSA) is 39.9 Å². The monoisotopic (exact) mass is 291 g/mol. The molecule has 0 spiro atoms. The molecule has 0 N–H and O–H groups in total. The molecule has 0 radical (unpaired) electrons. The maximum absolute atomic E-state index is 12.9. The van der Waals surface area contributed by atoms with Gasteiger partial charge in [-0.25, -0.2) is 4.98 Å². The minimum atomic E-state index is -4.57. The highest BCUT2D eigenvalue weighted by Crippen LogP contribution is 2.33. The van der Waals surface area contributed by atoms with Gasteiger partial charge in [-0.2, -0.15) is 18.4 Å². The summed E-state index contributed by atoms with van der Waals surface area (Å²) in [5, 5.41) is 8.74. The largest absolute Gasteiger partial charge is 0.417 e. The fourth-order valence-electron chi connectivity index (χ4n) is 1.92. The summed E-state index contributed by atoms with van der Waals surface area (Å²) in [7, 11) is 1.65. The Morgan fingerprint density at radius 3 is 2.48 bits per heavy atom. The van der Waals surface area contributed by atoms with Crippen LogP contribution >= 0.6 is 0 Å². The molecule has 2 aromatic rings. The van der Waals surface area contributed by atoms with E-state index in [1.165, 1.54) is 6.07 Å². The first-order valence-corrected chi connectivity index (χ1v) is 6.14. The van der Waals surface area contributed by atoms with Crippen LogP contribution in [0, 0.1) is 11.3 Å². The SMILES string of the molecule is CN(Cc1ccccc1)c1cc(C(F)(F)F)c(C#N)cn1. The molecule has 3 nitrogen and oxygen atoms in total. The molecule has 1 heterocycles. The minimum absolute atomic E-state index is 0.171. The number of aromatic nitrogens is 1. The smallest absolute Gasteiger partial charge is 0.355 e. The van der Waals surface area contributed by atoms with Gasteiger partial charge in [0.1, 0.15) is 11.9 Å². The van der Waals surface area contributed by atoms with Crippen LogP contribution in [-0.2, 0) is 12.7 Å². The van der Waals surface area contributed by atoms with E-state index in [0.717, 1.165) is 17.8 Å². The Morgan fingerprint density at radius 1 is 1.24 bits per heavy atom. The van der Waals surface area contributed by atoms with E-state index in [4.69, 9.17) is 5.26 Å². The van der Waals surface area contributed by atoms with Gasteiger partial charge in [-0.3, -0.25) is 0 Å². The van der Waals surface area contributed by atoms with E-state index in [9.17, 15) is 13.2 Å². The number of halogens is 3. The van der Waals surface area contributed by atoms with Gasteiger partial charge in [-0.05, 0) is 11.6 Å². The molecule has 0 atom stereocenters. The molecule has 0 bridgehead atoms. The number of pyridine rings is 1. The Balaban J connectivity index is 2.30. The lowest BCUT2D eigenvalue weighted by Gasteiger charge is -2.20. The molecule has 6 heteroatoms. The molecule has 0 aliphatic carbocycles. The van der Waals surface area contributed by atoms with Gasteiger partial charge < -0.3 is 4.90 Å². The molecule has 0 aliphatic heterocycles. The quantitative estimate of drug-likeness (QED) is 0.867. The maximum Gasteiger partial charge on any atom is 0.417 e. The van der Waals surface area contributed by atoms with Crippen LogP contribution in [0.25, 0.3) is 0 Å². The van der Waals surface area contributed by atoms with Crippen molar-refractivity contribution in [2.75, 3.05) is 11.9 Å². The van der Waals surface area contributed by atoms with E-state index >= 15 is 0 Å². The fourth-order valence-corrected chi connectivity index (χ4v) is 1.92. The predicted octanol–water partition coefficient (Wildman–Crippen LogP) is 3.61. The van der Waals surface area contributed by atoms with Gasteiger partial charge in [0.15, 0.2) is 0 Å². The van der Waals surface area contributed by atoms with Crippen molar-refractivity contribution in [3.63, 3.8) is 0 Å². The van der Waals surface area contributed by atoms with Gasteiger partial charge in [0.25, 0.3) is 0 Å². The first kappa shape index (κ1) is 14.9. The van der Waals surface area contributed by atoms with Crippen molar-refractivity contribution in [1.82, 2.24) is 4.98 Å². The summed E-state index contributed by atoms with van der Waals surface area (Å²) in [4.78, 5) is 5.53. The molecule has 1 aromatic heterocycles. The number of benzene rings is 1. The van der Waals surface area contributed by atoms with Gasteiger partial charge >= 0.3 is 6.18 Å². The molecule has 0 fully saturated rings. The van der Waals surface area contributed by atoms with Crippen molar-refractivity contribution >= 4 is 5.82 Å². The zero-order chi connectivity index (χ0) is 15.5. The summed E-state index contributed by atoms with van der Waals surface area (Å²) >= 11 is 0. The van der Waals surface area contributed by atoms with Crippen molar-refractivity contribution in [3.8, 4) is 6.07 Å². The van der Waals surface area contributed by atoms with Gasteiger partial charge in [0, 0.05) is 19.8 Å². The average Bonchev–Trinajstić information content (AvgIpc) is 2.46. The Bertz CT molecular complexity index is 660. The van der Waals surface area contributed by atoms with Crippen LogP contribution in [-0.4, -0.2) is 12.0 Å². The summed E-state index contributed by atoms with van der Waals surface area (Å²) in [5.74, 6) is 0.171. The number of hydrogen-bond donors (Lipinski definition) is 0. The highest BCUT2D eigenvalue weighted by molar-refractivity contribution is 5.48. The van der Waals surface area contributed by atoms with Crippen LogP contribution < -0.4 is 4.90 Å². The summed E-state index contributed by atoms with van der Waals surface area (Å²) in [5.41, 5.74) is -0.478. The molecule has 0 saturated heterocycles. The van der Waals surface area contributed by atoms with Crippen molar-refractivity contribution in [2.24, 2.45) is 0 Å². The average molecular weight is 291 g/mol. The molecule has 2 rings (SSSR count). The molecule has 0 aliphatic rings. The van der Waals surface area contributed by atoms with Crippen LogP contribution in [0.3, 0.4) is 0 Å². The fraction of sp³-hybridized carbons (Fsp3) is 0.200. The Hall–Kier alpha value is -2.55. The van der Waals surface area contributed by atoms with Crippen molar-refractivity contribution < 1.29 is 13.2 Å². The van der Waals surface area contributed by atoms with E-state index in [1.54, 1.807) is 11.9 Å². The van der Waals surface area contributed by atoms with Crippen LogP contribution in [0.15, 0.2) is 42.6 Å². The molecule has 0 unspecified atom stereocenters. The highest BCUT2D eigenvalue weighted by Gasteiger charge is 2.34. The normalized spacial score (nSPS) is 11.0. The summed E-state index contributed by atoms with van der Waals surface area (Å²) in [6.07, 6.45) is -3.62. The lowest BCUT2D eigenvalue weighted by Crippen LogP contribution is -2.19. The lowest BCUT2D eigenvalue weighted by atomic mass is 10.1. The van der Waals surface area contributed by atoms with Crippen molar-refractivity contribution in [1.29, 1.82) is 5.26 Å². The molecule has 21 heavy (non-hydrogen) atoms. The predicted molar refractivity (Wildman–Crippen MR) is 72.5 cm³/mol. The van der Waals surface area contributed by atoms with E-state index in [2.05, 4.69) is 4.98 Å². The third-order valence-electron chi connectivity index (χ3n) is 2.97. The van der Waals surface area contributed by atoms with E-state index in [0.29, 0.717) is 6.54 Å². The Kier molecular flexibility index (Phi) is 4.13. The molecular weight excluding hydrogens is 279 g/mol. The van der Waals surface area contributed by atoms with E-state index < -0.39 is 17.3 Å². The number of alkyl halides is 3. The Morgan fingerprint density at radius 2 is 1.90 bits per heavy atom. The second-order valence-corrected chi connectivity index (χ2v) is 4.54. The van der Waals surface area contributed by atoms with E-state index in [1.807, 2.05) is 30.3 Å². The highest BCUT2D eigenvalue weighted by atomic mass is 19.4. The Labute approximate surface area is 120 Å². The lowest BCUT2D eigenvalue weighted by molar-refractivity contribution is -0.137. The van der Waals surface area contributed by atoms with Crippen LogP contribution in [0.5, 0.6) is 0 Å². The third-order valence-corrected chi connectivity index (χ3v) is 2.97. The zero-order valence-corrected chi connectivity index (χ0v) is 11.2. The molecule has 0 amide bonds. The van der Waals surface area contributed by atoms with Gasteiger partial charge in [-0.1, -0.05) is 30.3 Å². The zero-order valence-electron chi connectivity index (χ0n) is 11.2. The summed E-state index contributed by atoms with van der Waals surface area (Å²) in [6.45, 7) is 0.428. The third kappa shape index (κ3) is 3.51. The molecule has 0 saturated carbocycles. The number of nitriles is 1. The van der Waals surface area contributed by atoms with Gasteiger partial charge in [-0.15, -0.1) is 0 Å². The van der Waals surface area contributed by atoms with E-state index in [-0.39, 0.29) is 5.82 Å². The first-order valence-electron chi connectivity index (χ1n) is 6.14. The van der Waals surface area contributed by atoms with Gasteiger partial charge in [0.05, 0.1) is 11.1 Å². The summed E-state index contributed by atoms with van der Waals surface area (Å²) in [6, 6.07) is 11.8. The van der Waals surface area contributed by atoms with Gasteiger partial charge in [0.2, 0.25) is 0 Å². The molecule has 108 valence electrons. The number of rotatable bonds is 3. The number of nitrogens with zero attached hydrogens (tertiary/aromatic N) is 3. The second kappa shape index (κ2) is 5.83. The second-order valence-electron chi connectivity index (χ2n) is 4.54. The van der Waals surface area contributed by atoms with Crippen molar-refractivity contribution in [3.05, 3.63) is 59.3 Å². The van der Waals surface area contributed by atoms with Crippen LogP contribution in [0.4, 0.5) is 19.0 Å². The molecular formula is C15H12F3N3. The summed E-state index contributed by atoms with van der Waals surface area (Å²) < 4.78 is 38.7. The number of hydrogen-bond acceptors (Lipinski definition) is 3. The molecule has 1 aromatic carbocycles. The van der Waals surface area contributed by atoms with Crippen LogP contribution in [0.2, 0.25) is 0 Å². The van der Waals surface area contributed by atoms with Crippen LogP contribution in [0.1, 0.15) is 16.7 Å². The number of anilines is 1.